The van der Waals surface area contributed by atoms with Crippen LogP contribution >= 0.6 is 0 Å². The Morgan fingerprint density at radius 1 is 1.23 bits per heavy atom. The van der Waals surface area contributed by atoms with Crippen LogP contribution in [0.5, 0.6) is 0 Å². The van der Waals surface area contributed by atoms with E-state index in [0.29, 0.717) is 11.1 Å². The number of aromatic nitrogens is 4. The molecule has 30 heavy (non-hydrogen) atoms. The number of halogens is 3. The quantitative estimate of drug-likeness (QED) is 0.657. The Balaban J connectivity index is 2.31. The smallest absolute Gasteiger partial charge is 0.325 e. The summed E-state index contributed by atoms with van der Waals surface area (Å²) in [4.78, 5) is 12.1. The van der Waals surface area contributed by atoms with Gasteiger partial charge in [-0.1, -0.05) is 6.92 Å². The van der Waals surface area contributed by atoms with Gasteiger partial charge in [-0.25, -0.2) is 19.0 Å². The zero-order valence-corrected chi connectivity index (χ0v) is 17.5. The Morgan fingerprint density at radius 3 is 2.47 bits per heavy atom. The predicted octanol–water partition coefficient (Wildman–Crippen LogP) is 4.28. The molecule has 0 saturated carbocycles. The molecule has 0 fully saturated rings. The minimum Gasteiger partial charge on any atom is -0.325 e. The largest absolute Gasteiger partial charge is 0.433 e. The summed E-state index contributed by atoms with van der Waals surface area (Å²) in [5.74, 6) is 0.165. The topological polar surface area (TPSA) is 108 Å². The van der Waals surface area contributed by atoms with E-state index in [1.54, 1.807) is 27.8 Å². The molecule has 0 aliphatic carbocycles. The Labute approximate surface area is 171 Å². The molecule has 0 bridgehead atoms. The van der Waals surface area contributed by atoms with Crippen LogP contribution < -0.4 is 0 Å². The van der Waals surface area contributed by atoms with Gasteiger partial charge in [-0.2, -0.15) is 18.4 Å². The van der Waals surface area contributed by atoms with Crippen molar-refractivity contribution in [3.8, 4) is 17.6 Å². The van der Waals surface area contributed by atoms with E-state index in [2.05, 4.69) is 21.0 Å². The number of hydrogen-bond acceptors (Lipinski definition) is 6. The molecule has 3 rings (SSSR count). The first kappa shape index (κ1) is 21.7. The van der Waals surface area contributed by atoms with Crippen molar-refractivity contribution in [2.24, 2.45) is 7.05 Å². The van der Waals surface area contributed by atoms with Crippen molar-refractivity contribution in [1.29, 1.82) is 10.0 Å². The van der Waals surface area contributed by atoms with Gasteiger partial charge in [0.2, 0.25) is 0 Å². The maximum atomic E-state index is 13.0. The van der Waals surface area contributed by atoms with Crippen molar-refractivity contribution in [2.75, 3.05) is 5.75 Å². The molecule has 0 spiro atoms. The fourth-order valence-corrected chi connectivity index (χ4v) is 3.97. The van der Waals surface area contributed by atoms with Gasteiger partial charge in [0.15, 0.2) is 5.82 Å². The van der Waals surface area contributed by atoms with Crippen molar-refractivity contribution in [1.82, 2.24) is 19.5 Å². The Bertz CT molecular complexity index is 1290. The van der Waals surface area contributed by atoms with Gasteiger partial charge in [0, 0.05) is 19.0 Å². The minimum atomic E-state index is -4.61. The highest BCUT2D eigenvalue weighted by molar-refractivity contribution is 7.92. The number of aryl methyl sites for hydroxylation is 1. The number of pyridine rings is 2. The summed E-state index contributed by atoms with van der Waals surface area (Å²) in [6, 6.07) is 4.48. The van der Waals surface area contributed by atoms with Gasteiger partial charge >= 0.3 is 6.18 Å². The van der Waals surface area contributed by atoms with E-state index in [9.17, 15) is 22.6 Å². The zero-order chi connectivity index (χ0) is 22.5. The van der Waals surface area contributed by atoms with Crippen molar-refractivity contribution < 1.29 is 17.4 Å². The highest BCUT2D eigenvalue weighted by Crippen LogP contribution is 2.34. The summed E-state index contributed by atoms with van der Waals surface area (Å²) in [7, 11) is -1.70. The molecule has 0 aliphatic heterocycles. The first-order valence-corrected chi connectivity index (χ1v) is 10.6. The molecule has 11 heteroatoms. The monoisotopic (exact) mass is 436 g/mol. The Morgan fingerprint density at radius 2 is 1.90 bits per heavy atom. The second-order valence-corrected chi connectivity index (χ2v) is 9.69. The average Bonchev–Trinajstić information content (AvgIpc) is 3.02. The fourth-order valence-electron chi connectivity index (χ4n) is 2.88. The van der Waals surface area contributed by atoms with Gasteiger partial charge in [-0.05, 0) is 31.5 Å². The molecular formula is C19H19F3N6OS. The lowest BCUT2D eigenvalue weighted by molar-refractivity contribution is -0.141. The molecule has 3 aromatic rings. The maximum Gasteiger partial charge on any atom is 0.433 e. The number of rotatable bonds is 4. The number of alkyl halides is 3. The maximum absolute atomic E-state index is 13.0. The van der Waals surface area contributed by atoms with Crippen LogP contribution in [0.15, 0.2) is 29.4 Å². The second-order valence-electron chi connectivity index (χ2n) is 7.32. The van der Waals surface area contributed by atoms with E-state index < -0.39 is 27.0 Å². The summed E-state index contributed by atoms with van der Waals surface area (Å²) >= 11 is 0. The van der Waals surface area contributed by atoms with Crippen molar-refractivity contribution in [2.45, 2.75) is 37.3 Å². The minimum absolute atomic E-state index is 0.00182. The zero-order valence-electron chi connectivity index (χ0n) is 16.7. The summed E-state index contributed by atoms with van der Waals surface area (Å²) in [6.45, 7) is 4.94. The highest BCUT2D eigenvalue weighted by atomic mass is 32.2. The van der Waals surface area contributed by atoms with Gasteiger partial charge < -0.3 is 4.57 Å². The van der Waals surface area contributed by atoms with Crippen LogP contribution in [0, 0.1) is 16.1 Å². The van der Waals surface area contributed by atoms with Crippen LogP contribution in [0.25, 0.3) is 22.6 Å². The molecule has 0 radical (unpaired) electrons. The summed E-state index contributed by atoms with van der Waals surface area (Å²) in [6.07, 6.45) is -2.11. The van der Waals surface area contributed by atoms with Gasteiger partial charge in [0.05, 0.1) is 43.3 Å². The normalized spacial score (nSPS) is 14.5. The molecule has 158 valence electrons. The molecule has 0 aliphatic rings. The lowest BCUT2D eigenvalue weighted by Gasteiger charge is -2.18. The third-order valence-electron chi connectivity index (χ3n) is 4.89. The molecule has 3 aromatic heterocycles. The first-order chi connectivity index (χ1) is 13.8. The van der Waals surface area contributed by atoms with Crippen molar-refractivity contribution in [3.63, 3.8) is 0 Å². The molecule has 0 aromatic carbocycles. The van der Waals surface area contributed by atoms with Gasteiger partial charge in [0.25, 0.3) is 0 Å². The number of hydrogen-bond donors (Lipinski definition) is 1. The highest BCUT2D eigenvalue weighted by Gasteiger charge is 2.33. The molecule has 0 saturated heterocycles. The Hall–Kier alpha value is -3.00. The van der Waals surface area contributed by atoms with E-state index in [1.165, 1.54) is 16.8 Å². The molecular weight excluding hydrogens is 417 g/mol. The molecule has 1 atom stereocenters. The van der Waals surface area contributed by atoms with Crippen molar-refractivity contribution in [3.05, 3.63) is 35.8 Å². The number of nitrogens with zero attached hydrogens (tertiary/aromatic N) is 5. The fraction of sp³-hybridized carbons (Fsp3) is 0.368. The number of fused-ring (bicyclic) bond motifs is 1. The van der Waals surface area contributed by atoms with E-state index in [1.807, 2.05) is 0 Å². The van der Waals surface area contributed by atoms with Crippen LogP contribution in [0.1, 0.15) is 32.0 Å². The summed E-state index contributed by atoms with van der Waals surface area (Å²) in [5.41, 5.74) is -1.01. The third-order valence-corrected chi connectivity index (χ3v) is 6.72. The van der Waals surface area contributed by atoms with E-state index in [-0.39, 0.29) is 27.7 Å². The van der Waals surface area contributed by atoms with Crippen LogP contribution in [-0.2, 0) is 28.4 Å². The number of nitrogens with one attached hydrogen (secondary N) is 1. The second kappa shape index (κ2) is 7.05. The van der Waals surface area contributed by atoms with Crippen LogP contribution in [0.2, 0.25) is 0 Å². The Kier molecular flexibility index (Phi) is 5.10. The van der Waals surface area contributed by atoms with Gasteiger partial charge in [-0.3, -0.25) is 4.98 Å². The van der Waals surface area contributed by atoms with Gasteiger partial charge in [0.1, 0.15) is 11.4 Å². The lowest BCUT2D eigenvalue weighted by atomic mass is 9.87. The third kappa shape index (κ3) is 3.63. The van der Waals surface area contributed by atoms with Crippen LogP contribution in [0.3, 0.4) is 0 Å². The lowest BCUT2D eigenvalue weighted by Crippen LogP contribution is -2.17. The van der Waals surface area contributed by atoms with Gasteiger partial charge in [-0.15, -0.1) is 0 Å². The predicted molar refractivity (Wildman–Crippen MR) is 105 cm³/mol. The van der Waals surface area contributed by atoms with Crippen LogP contribution in [0.4, 0.5) is 13.2 Å². The molecule has 7 nitrogen and oxygen atoms in total. The summed E-state index contributed by atoms with van der Waals surface area (Å²) < 4.78 is 61.8. The average molecular weight is 436 g/mol. The van der Waals surface area contributed by atoms with E-state index >= 15 is 0 Å². The standard InChI is InChI=1S/C19H19F3N6OS/c1-5-30(24,29)14-6-11(18(2,3)10-23)8-26-16(14)17-27-12-7-15(19(20,21)22)25-9-13(12)28(17)4/h6-9,24H,5H2,1-4H3/t30-/m0/s1. The van der Waals surface area contributed by atoms with E-state index in [4.69, 9.17) is 4.78 Å². The summed E-state index contributed by atoms with van der Waals surface area (Å²) in [5, 5.41) is 9.40. The number of nitriles is 1. The molecule has 0 unspecified atom stereocenters. The molecule has 0 amide bonds. The van der Waals surface area contributed by atoms with Crippen LogP contribution in [-0.4, -0.2) is 29.5 Å². The SMILES string of the molecule is CC[S@](=N)(=O)c1cc(C(C)(C)C#N)cnc1-c1nc2cc(C(F)(F)F)ncc2n1C. The van der Waals surface area contributed by atoms with Crippen molar-refractivity contribution >= 4 is 20.8 Å². The molecule has 3 heterocycles. The first-order valence-electron chi connectivity index (χ1n) is 8.90. The molecule has 1 N–H and O–H groups in total. The number of imidazole rings is 1. The van der Waals surface area contributed by atoms with E-state index in [0.717, 1.165) is 12.3 Å².